The molecule has 8 nitrogen and oxygen atoms in total. The lowest BCUT2D eigenvalue weighted by molar-refractivity contribution is -0.385. The van der Waals surface area contributed by atoms with E-state index in [9.17, 15) is 36.5 Å². The van der Waals surface area contributed by atoms with Crippen molar-refractivity contribution in [3.05, 3.63) is 69.3 Å². The molecule has 3 rings (SSSR count). The van der Waals surface area contributed by atoms with E-state index < -0.39 is 40.1 Å². The molecule has 0 aliphatic carbocycles. The number of amides is 1. The van der Waals surface area contributed by atoms with E-state index in [-0.39, 0.29) is 23.4 Å². The molecule has 0 N–H and O–H groups in total. The Morgan fingerprint density at radius 2 is 1.91 bits per heavy atom. The molecular weight excluding hydrogens is 451 g/mol. The summed E-state index contributed by atoms with van der Waals surface area (Å²) in [6.45, 7) is -1.93. The molecular formula is C20H20F3N3O5S. The smallest absolute Gasteiger partial charge is 0.325 e. The molecule has 1 heterocycles. The van der Waals surface area contributed by atoms with Crippen LogP contribution in [0.5, 0.6) is 0 Å². The summed E-state index contributed by atoms with van der Waals surface area (Å²) in [6, 6.07) is 9.34. The molecule has 32 heavy (non-hydrogen) atoms. The molecule has 0 aromatic heterocycles. The molecule has 0 saturated carbocycles. The fourth-order valence-corrected chi connectivity index (χ4v) is 4.66. The fraction of sp³-hybridized carbons (Fsp3) is 0.350. The van der Waals surface area contributed by atoms with E-state index in [1.165, 1.54) is 40.7 Å². The highest BCUT2D eigenvalue weighted by atomic mass is 32.2. The van der Waals surface area contributed by atoms with Crippen LogP contribution in [0.15, 0.2) is 42.5 Å². The second-order valence-corrected chi connectivity index (χ2v) is 9.35. The number of alkyl halides is 3. The number of fused-ring (bicyclic) bond motifs is 1. The number of para-hydroxylation sites is 1. The Morgan fingerprint density at radius 1 is 1.22 bits per heavy atom. The number of anilines is 1. The SMILES string of the molecule is CS(=O)(=O)N1CCCc2cc(C(=O)N(Cc3ccccc3[N+](=O)[O-])CC(F)(F)F)ccc21. The number of carbonyl (C=O) groups excluding carboxylic acids is 1. The van der Waals surface area contributed by atoms with Gasteiger partial charge in [0.05, 0.1) is 23.4 Å². The number of hydrogen-bond acceptors (Lipinski definition) is 5. The molecule has 0 spiro atoms. The minimum absolute atomic E-state index is 0.0312. The highest BCUT2D eigenvalue weighted by molar-refractivity contribution is 7.92. The van der Waals surface area contributed by atoms with Crippen LogP contribution in [-0.2, 0) is 23.0 Å². The first-order valence-electron chi connectivity index (χ1n) is 9.56. The summed E-state index contributed by atoms with van der Waals surface area (Å²) in [6.07, 6.45) is -2.70. The largest absolute Gasteiger partial charge is 0.406 e. The quantitative estimate of drug-likeness (QED) is 0.474. The molecule has 0 fully saturated rings. The van der Waals surface area contributed by atoms with Crippen LogP contribution >= 0.6 is 0 Å². The molecule has 0 bridgehead atoms. The average Bonchev–Trinajstić information content (AvgIpc) is 2.70. The Balaban J connectivity index is 1.96. The lowest BCUT2D eigenvalue weighted by Crippen LogP contribution is -2.39. The van der Waals surface area contributed by atoms with Crippen molar-refractivity contribution in [2.45, 2.75) is 25.6 Å². The summed E-state index contributed by atoms with van der Waals surface area (Å²) in [5.41, 5.74) is 0.446. The Labute approximate surface area is 182 Å². The van der Waals surface area contributed by atoms with Crippen molar-refractivity contribution in [2.75, 3.05) is 23.7 Å². The van der Waals surface area contributed by atoms with Gasteiger partial charge in [0, 0.05) is 23.7 Å². The first-order valence-corrected chi connectivity index (χ1v) is 11.4. The second-order valence-electron chi connectivity index (χ2n) is 7.44. The zero-order valence-electron chi connectivity index (χ0n) is 17.0. The van der Waals surface area contributed by atoms with Crippen molar-refractivity contribution in [2.24, 2.45) is 0 Å². The minimum atomic E-state index is -4.72. The third-order valence-electron chi connectivity index (χ3n) is 5.01. The van der Waals surface area contributed by atoms with Crippen LogP contribution in [0, 0.1) is 10.1 Å². The van der Waals surface area contributed by atoms with Gasteiger partial charge in [-0.1, -0.05) is 18.2 Å². The lowest BCUT2D eigenvalue weighted by Gasteiger charge is -2.30. The molecule has 1 aliphatic heterocycles. The summed E-state index contributed by atoms with van der Waals surface area (Å²) in [7, 11) is -3.54. The normalized spacial score (nSPS) is 14.1. The first kappa shape index (κ1) is 23.5. The third kappa shape index (κ3) is 5.36. The second kappa shape index (κ2) is 8.77. The molecule has 172 valence electrons. The molecule has 1 aliphatic rings. The number of hydrogen-bond donors (Lipinski definition) is 0. The Morgan fingerprint density at radius 3 is 2.53 bits per heavy atom. The van der Waals surface area contributed by atoms with Crippen LogP contribution in [-0.4, -0.2) is 49.7 Å². The summed E-state index contributed by atoms with van der Waals surface area (Å²) in [4.78, 5) is 24.0. The van der Waals surface area contributed by atoms with Crippen LogP contribution in [0.2, 0.25) is 0 Å². The van der Waals surface area contributed by atoms with Gasteiger partial charge in [-0.3, -0.25) is 19.2 Å². The Bertz CT molecular complexity index is 1150. The van der Waals surface area contributed by atoms with Crippen LogP contribution in [0.1, 0.15) is 27.9 Å². The van der Waals surface area contributed by atoms with E-state index in [1.54, 1.807) is 0 Å². The molecule has 0 atom stereocenters. The van der Waals surface area contributed by atoms with E-state index in [4.69, 9.17) is 0 Å². The number of rotatable bonds is 6. The van der Waals surface area contributed by atoms with Gasteiger partial charge in [0.2, 0.25) is 10.0 Å². The van der Waals surface area contributed by atoms with Crippen molar-refractivity contribution in [1.29, 1.82) is 0 Å². The van der Waals surface area contributed by atoms with Gasteiger partial charge < -0.3 is 4.90 Å². The van der Waals surface area contributed by atoms with Crippen LogP contribution < -0.4 is 4.31 Å². The molecule has 0 saturated heterocycles. The molecule has 0 radical (unpaired) electrons. The van der Waals surface area contributed by atoms with Gasteiger partial charge in [0.15, 0.2) is 0 Å². The van der Waals surface area contributed by atoms with E-state index in [0.29, 0.717) is 29.0 Å². The van der Waals surface area contributed by atoms with Gasteiger partial charge in [0.25, 0.3) is 11.6 Å². The topological polar surface area (TPSA) is 101 Å². The Hall–Kier alpha value is -3.15. The van der Waals surface area contributed by atoms with Crippen molar-refractivity contribution in [1.82, 2.24) is 4.90 Å². The van der Waals surface area contributed by atoms with Crippen LogP contribution in [0.25, 0.3) is 0 Å². The van der Waals surface area contributed by atoms with E-state index >= 15 is 0 Å². The van der Waals surface area contributed by atoms with Gasteiger partial charge in [0.1, 0.15) is 6.54 Å². The maximum absolute atomic E-state index is 13.2. The predicted molar refractivity (Wildman–Crippen MR) is 111 cm³/mol. The molecule has 0 unspecified atom stereocenters. The van der Waals surface area contributed by atoms with Crippen molar-refractivity contribution >= 4 is 27.3 Å². The minimum Gasteiger partial charge on any atom is -0.325 e. The van der Waals surface area contributed by atoms with Gasteiger partial charge >= 0.3 is 6.18 Å². The molecule has 2 aromatic rings. The van der Waals surface area contributed by atoms with E-state index in [0.717, 1.165) is 12.3 Å². The number of nitro groups is 1. The third-order valence-corrected chi connectivity index (χ3v) is 6.19. The summed E-state index contributed by atoms with van der Waals surface area (Å²) in [5.74, 6) is -0.959. The number of benzene rings is 2. The van der Waals surface area contributed by atoms with Gasteiger partial charge in [-0.05, 0) is 36.6 Å². The summed E-state index contributed by atoms with van der Waals surface area (Å²) in [5, 5.41) is 11.2. The fourth-order valence-electron chi connectivity index (χ4n) is 3.67. The highest BCUT2D eigenvalue weighted by Crippen LogP contribution is 2.31. The standard InChI is InChI=1S/C20H20F3N3O5S/c1-32(30,31)25-10-4-6-14-11-15(8-9-17(14)25)19(27)24(13-20(21,22)23)12-16-5-2-3-7-18(16)26(28)29/h2-3,5,7-9,11H,4,6,10,12-13H2,1H3. The molecule has 2 aromatic carbocycles. The maximum atomic E-state index is 13.2. The summed E-state index contributed by atoms with van der Waals surface area (Å²) >= 11 is 0. The maximum Gasteiger partial charge on any atom is 0.406 e. The highest BCUT2D eigenvalue weighted by Gasteiger charge is 2.35. The van der Waals surface area contributed by atoms with E-state index in [2.05, 4.69) is 0 Å². The van der Waals surface area contributed by atoms with Crippen LogP contribution in [0.4, 0.5) is 24.5 Å². The monoisotopic (exact) mass is 471 g/mol. The van der Waals surface area contributed by atoms with Crippen molar-refractivity contribution < 1.29 is 31.3 Å². The van der Waals surface area contributed by atoms with Crippen LogP contribution in [0.3, 0.4) is 0 Å². The van der Waals surface area contributed by atoms with Crippen molar-refractivity contribution in [3.8, 4) is 0 Å². The number of sulfonamides is 1. The predicted octanol–water partition coefficient (Wildman–Crippen LogP) is 3.51. The number of nitrogens with zero attached hydrogens (tertiary/aromatic N) is 3. The zero-order chi connectivity index (χ0) is 23.7. The number of halogens is 3. The first-order chi connectivity index (χ1) is 14.9. The lowest BCUT2D eigenvalue weighted by atomic mass is 10.00. The zero-order valence-corrected chi connectivity index (χ0v) is 17.8. The van der Waals surface area contributed by atoms with Crippen molar-refractivity contribution in [3.63, 3.8) is 0 Å². The summed E-state index contributed by atoms with van der Waals surface area (Å²) < 4.78 is 64.8. The Kier molecular flexibility index (Phi) is 6.44. The molecule has 12 heteroatoms. The van der Waals surface area contributed by atoms with Gasteiger partial charge in [-0.25, -0.2) is 8.42 Å². The number of aryl methyl sites for hydroxylation is 1. The van der Waals surface area contributed by atoms with E-state index in [1.807, 2.05) is 0 Å². The van der Waals surface area contributed by atoms with Gasteiger partial charge in [-0.15, -0.1) is 0 Å². The van der Waals surface area contributed by atoms with Gasteiger partial charge in [-0.2, -0.15) is 13.2 Å². The average molecular weight is 471 g/mol. The molecule has 1 amide bonds. The number of carbonyl (C=O) groups is 1. The number of nitro benzene ring substituents is 1.